The van der Waals surface area contributed by atoms with Gasteiger partial charge in [-0.3, -0.25) is 0 Å². The molecule has 3 aromatic rings. The molecule has 4 aliphatic carbocycles. The second-order valence-electron chi connectivity index (χ2n) is 12.0. The molecule has 0 aromatic heterocycles. The molecule has 0 saturated heterocycles. The van der Waals surface area contributed by atoms with Gasteiger partial charge in [0.25, 0.3) is 0 Å². The van der Waals surface area contributed by atoms with E-state index < -0.39 is 5.60 Å². The van der Waals surface area contributed by atoms with Gasteiger partial charge in [0, 0.05) is 13.5 Å². The highest BCUT2D eigenvalue weighted by Gasteiger charge is 2.60. The van der Waals surface area contributed by atoms with Gasteiger partial charge in [0.15, 0.2) is 21.3 Å². The molecule has 0 spiro atoms. The summed E-state index contributed by atoms with van der Waals surface area (Å²) >= 11 is 0. The molecule has 4 fully saturated rings. The van der Waals surface area contributed by atoms with E-state index in [-0.39, 0.29) is 35.9 Å². The lowest BCUT2D eigenvalue weighted by Crippen LogP contribution is -2.61. The van der Waals surface area contributed by atoms with Crippen molar-refractivity contribution in [3.05, 3.63) is 83.9 Å². The van der Waals surface area contributed by atoms with Crippen molar-refractivity contribution in [3.8, 4) is 5.75 Å². The van der Waals surface area contributed by atoms with E-state index in [1.54, 1.807) is 7.11 Å². The maximum absolute atomic E-state index is 13.0. The second kappa shape index (κ2) is 11.2. The van der Waals surface area contributed by atoms with Crippen LogP contribution in [0.5, 0.6) is 5.75 Å². The minimum atomic E-state index is -0.432. The van der Waals surface area contributed by atoms with Crippen molar-refractivity contribution in [2.24, 2.45) is 11.8 Å². The summed E-state index contributed by atoms with van der Waals surface area (Å²) in [6, 6.07) is 25.7. The van der Waals surface area contributed by atoms with Gasteiger partial charge >= 0.3 is 5.97 Å². The van der Waals surface area contributed by atoms with Crippen molar-refractivity contribution in [2.75, 3.05) is 20.5 Å². The number of carbonyl (C=O) groups excluding carboxylic acids is 1. The topological polar surface area (TPSA) is 54.0 Å². The third-order valence-corrected chi connectivity index (χ3v) is 10.9. The Bertz CT molecular complexity index is 1260. The predicted octanol–water partition coefficient (Wildman–Crippen LogP) is 7.03. The molecule has 210 valence electrons. The molecule has 0 aliphatic heterocycles. The van der Waals surface area contributed by atoms with Crippen LogP contribution in [0.2, 0.25) is 0 Å². The quantitative estimate of drug-likeness (QED) is 0.152. The van der Waals surface area contributed by atoms with Gasteiger partial charge in [0.05, 0.1) is 16.5 Å². The molecule has 2 unspecified atom stereocenters. The van der Waals surface area contributed by atoms with E-state index in [9.17, 15) is 4.79 Å². The molecular weight excluding hydrogens is 520 g/mol. The normalized spacial score (nSPS) is 26.7. The zero-order valence-electron chi connectivity index (χ0n) is 23.7. The zero-order chi connectivity index (χ0) is 27.7. The Hall–Kier alpha value is -2.80. The summed E-state index contributed by atoms with van der Waals surface area (Å²) in [7, 11) is 1.42. The zero-order valence-corrected chi connectivity index (χ0v) is 24.5. The smallest absolute Gasteiger partial charge is 0.344 e. The number of rotatable bonds is 10. The lowest BCUT2D eigenvalue weighted by atomic mass is 9.52. The van der Waals surface area contributed by atoms with Crippen LogP contribution in [0.1, 0.15) is 49.7 Å². The summed E-state index contributed by atoms with van der Waals surface area (Å²) in [6.07, 6.45) is 5.93. The maximum Gasteiger partial charge on any atom is 0.344 e. The second-order valence-corrected chi connectivity index (χ2v) is 14.1. The van der Waals surface area contributed by atoms with Crippen molar-refractivity contribution in [2.45, 2.75) is 78.3 Å². The monoisotopic (exact) mass is 559 g/mol. The number of esters is 1. The Balaban J connectivity index is 1.12. The van der Waals surface area contributed by atoms with Crippen molar-refractivity contribution >= 4 is 16.9 Å². The van der Waals surface area contributed by atoms with Crippen LogP contribution in [0.15, 0.2) is 87.5 Å². The van der Waals surface area contributed by atoms with Crippen molar-refractivity contribution in [1.82, 2.24) is 0 Å². The minimum Gasteiger partial charge on any atom is -0.482 e. The number of aryl methyl sites for hydroxylation is 2. The average Bonchev–Trinajstić information content (AvgIpc) is 2.93. The summed E-state index contributed by atoms with van der Waals surface area (Å²) in [5.74, 6) is 1.47. The van der Waals surface area contributed by atoms with Gasteiger partial charge in [-0.25, -0.2) is 4.79 Å². The SMILES string of the molecule is COCOC12CC3CC(C1)CC(OC(=O)COc1ccc([S+](c4ccc(C)cc4)c4ccc(C)cc4)cc1)(C3)C2. The number of methoxy groups -OCH3 is 1. The summed E-state index contributed by atoms with van der Waals surface area (Å²) in [6.45, 7) is 4.42. The number of hydrogen-bond acceptors (Lipinski definition) is 5. The summed E-state index contributed by atoms with van der Waals surface area (Å²) < 4.78 is 23.5. The third-order valence-electron chi connectivity index (χ3n) is 8.70. The van der Waals surface area contributed by atoms with Crippen LogP contribution in [0.25, 0.3) is 0 Å². The first kappa shape index (κ1) is 27.4. The molecule has 7 rings (SSSR count). The Morgan fingerprint density at radius 1 is 0.775 bits per heavy atom. The van der Waals surface area contributed by atoms with Crippen LogP contribution in [0.4, 0.5) is 0 Å². The Labute approximate surface area is 240 Å². The molecule has 40 heavy (non-hydrogen) atoms. The number of hydrogen-bond donors (Lipinski definition) is 0. The molecule has 2 atom stereocenters. The number of carbonyl (C=O) groups is 1. The van der Waals surface area contributed by atoms with Crippen molar-refractivity contribution in [3.63, 3.8) is 0 Å². The van der Waals surface area contributed by atoms with Crippen molar-refractivity contribution in [1.29, 1.82) is 0 Å². The van der Waals surface area contributed by atoms with E-state index in [2.05, 4.69) is 74.5 Å². The lowest BCUT2D eigenvalue weighted by molar-refractivity contribution is -0.252. The first-order valence-electron chi connectivity index (χ1n) is 14.3. The number of benzene rings is 3. The lowest BCUT2D eigenvalue weighted by Gasteiger charge is -2.60. The summed E-state index contributed by atoms with van der Waals surface area (Å²) in [5.41, 5.74) is 1.85. The van der Waals surface area contributed by atoms with E-state index in [0.29, 0.717) is 17.6 Å². The first-order valence-corrected chi connectivity index (χ1v) is 15.5. The highest BCUT2D eigenvalue weighted by Crippen LogP contribution is 2.60. The van der Waals surface area contributed by atoms with Crippen LogP contribution in [-0.2, 0) is 29.9 Å². The van der Waals surface area contributed by atoms with Crippen LogP contribution in [0, 0.1) is 25.7 Å². The molecule has 3 aromatic carbocycles. The van der Waals surface area contributed by atoms with Crippen molar-refractivity contribution < 1.29 is 23.7 Å². The molecule has 4 aliphatic rings. The van der Waals surface area contributed by atoms with Gasteiger partial charge in [-0.2, -0.15) is 0 Å². The molecule has 0 heterocycles. The van der Waals surface area contributed by atoms with Gasteiger partial charge in [0.1, 0.15) is 18.1 Å². The van der Waals surface area contributed by atoms with Crippen LogP contribution in [0.3, 0.4) is 0 Å². The number of ether oxygens (including phenoxy) is 4. The fourth-order valence-electron chi connectivity index (χ4n) is 7.41. The minimum absolute atomic E-state index is 0.0933. The summed E-state index contributed by atoms with van der Waals surface area (Å²) in [4.78, 5) is 16.8. The Morgan fingerprint density at radius 3 is 1.80 bits per heavy atom. The fraction of sp³-hybridized carbons (Fsp3) is 0.441. The third kappa shape index (κ3) is 5.81. The van der Waals surface area contributed by atoms with E-state index in [1.807, 2.05) is 12.1 Å². The fourth-order valence-corrected chi connectivity index (χ4v) is 9.45. The molecular formula is C34H39O5S+. The van der Waals surface area contributed by atoms with E-state index in [4.69, 9.17) is 18.9 Å². The van der Waals surface area contributed by atoms with Gasteiger partial charge in [0.2, 0.25) is 0 Å². The highest BCUT2D eigenvalue weighted by atomic mass is 32.2. The summed E-state index contributed by atoms with van der Waals surface area (Å²) in [5, 5.41) is 0. The molecule has 6 heteroatoms. The van der Waals surface area contributed by atoms with Gasteiger partial charge in [-0.15, -0.1) is 0 Å². The molecule has 0 N–H and O–H groups in total. The molecule has 4 bridgehead atoms. The van der Waals surface area contributed by atoms with Crippen LogP contribution in [-0.4, -0.2) is 37.7 Å². The molecule has 0 amide bonds. The van der Waals surface area contributed by atoms with Gasteiger partial charge < -0.3 is 18.9 Å². The Kier molecular flexibility index (Phi) is 7.68. The maximum atomic E-state index is 13.0. The Morgan fingerprint density at radius 2 is 1.27 bits per heavy atom. The van der Waals surface area contributed by atoms with E-state index in [1.165, 1.54) is 32.2 Å². The predicted molar refractivity (Wildman–Crippen MR) is 156 cm³/mol. The highest BCUT2D eigenvalue weighted by molar-refractivity contribution is 7.97. The molecule has 5 nitrogen and oxygen atoms in total. The first-order chi connectivity index (χ1) is 19.3. The molecule has 0 radical (unpaired) electrons. The molecule has 4 saturated carbocycles. The van der Waals surface area contributed by atoms with Crippen LogP contribution < -0.4 is 4.74 Å². The largest absolute Gasteiger partial charge is 0.482 e. The standard InChI is InChI=1S/C34H39O5S/c1-24-4-10-29(11-5-24)40(30-12-6-25(2)7-13-30)31-14-8-28(9-15-31)37-21-32(35)39-34-19-26-16-27(20-34)18-33(17-26,22-34)38-23-36-3/h4-15,26-27H,16-23H2,1-3H3/q+1. The van der Waals surface area contributed by atoms with E-state index >= 15 is 0 Å². The van der Waals surface area contributed by atoms with E-state index in [0.717, 1.165) is 32.1 Å². The average molecular weight is 560 g/mol. The van der Waals surface area contributed by atoms with Gasteiger partial charge in [-0.1, -0.05) is 35.4 Å². The van der Waals surface area contributed by atoms with Crippen LogP contribution >= 0.6 is 0 Å². The van der Waals surface area contributed by atoms with Gasteiger partial charge in [-0.05, 0) is 106 Å².